The number of halogens is 1. The summed E-state index contributed by atoms with van der Waals surface area (Å²) in [5.74, 6) is -1.49. The lowest BCUT2D eigenvalue weighted by molar-refractivity contribution is -0.131. The van der Waals surface area contributed by atoms with Crippen molar-refractivity contribution in [3.8, 4) is 5.75 Å². The number of rotatable bonds is 6. The number of benzene rings is 1. The van der Waals surface area contributed by atoms with Gasteiger partial charge in [-0.25, -0.2) is 9.18 Å². The van der Waals surface area contributed by atoms with E-state index in [-0.39, 0.29) is 18.9 Å². The Bertz CT molecular complexity index is 499. The van der Waals surface area contributed by atoms with Crippen molar-refractivity contribution >= 4 is 18.0 Å². The van der Waals surface area contributed by atoms with Crippen LogP contribution in [-0.2, 0) is 9.59 Å². The zero-order valence-electron chi connectivity index (χ0n) is 10.4. The van der Waals surface area contributed by atoms with Crippen LogP contribution < -0.4 is 10.1 Å². The van der Waals surface area contributed by atoms with Gasteiger partial charge in [0.15, 0.2) is 0 Å². The van der Waals surface area contributed by atoms with Crippen molar-refractivity contribution in [3.05, 3.63) is 35.7 Å². The average molecular weight is 267 g/mol. The van der Waals surface area contributed by atoms with E-state index in [2.05, 4.69) is 5.32 Å². The van der Waals surface area contributed by atoms with Gasteiger partial charge in [0.25, 0.3) is 0 Å². The standard InChI is InChI=1S/C13H14FNO4/c1-15-12(16)6-7-19-11-4-3-10(14)8-9(11)2-5-13(17)18/h2-5,8H,6-7H2,1H3,(H,15,16)(H,17,18)/b5-2+. The molecule has 5 nitrogen and oxygen atoms in total. The van der Waals surface area contributed by atoms with E-state index in [0.717, 1.165) is 12.1 Å². The monoisotopic (exact) mass is 267 g/mol. The highest BCUT2D eigenvalue weighted by Gasteiger charge is 2.05. The lowest BCUT2D eigenvalue weighted by atomic mass is 10.2. The van der Waals surface area contributed by atoms with Gasteiger partial charge < -0.3 is 15.2 Å². The van der Waals surface area contributed by atoms with Crippen molar-refractivity contribution in [3.63, 3.8) is 0 Å². The van der Waals surface area contributed by atoms with Crippen LogP contribution >= 0.6 is 0 Å². The molecule has 0 spiro atoms. The molecule has 0 saturated heterocycles. The molecule has 0 unspecified atom stereocenters. The van der Waals surface area contributed by atoms with Gasteiger partial charge >= 0.3 is 5.97 Å². The lowest BCUT2D eigenvalue weighted by Gasteiger charge is -2.08. The first-order chi connectivity index (χ1) is 9.02. The smallest absolute Gasteiger partial charge is 0.328 e. The first-order valence-electron chi connectivity index (χ1n) is 5.57. The first-order valence-corrected chi connectivity index (χ1v) is 5.57. The minimum atomic E-state index is -1.14. The number of hydrogen-bond donors (Lipinski definition) is 2. The molecule has 0 aliphatic rings. The second kappa shape index (κ2) is 7.15. The normalized spacial score (nSPS) is 10.4. The van der Waals surface area contributed by atoms with Crippen LogP contribution in [0.3, 0.4) is 0 Å². The van der Waals surface area contributed by atoms with Crippen molar-refractivity contribution < 1.29 is 23.8 Å². The molecule has 19 heavy (non-hydrogen) atoms. The highest BCUT2D eigenvalue weighted by molar-refractivity contribution is 5.85. The van der Waals surface area contributed by atoms with Gasteiger partial charge in [0.2, 0.25) is 5.91 Å². The van der Waals surface area contributed by atoms with Crippen LogP contribution in [0.2, 0.25) is 0 Å². The Labute approximate surface area is 109 Å². The number of amides is 1. The van der Waals surface area contributed by atoms with Crippen molar-refractivity contribution in [1.82, 2.24) is 5.32 Å². The van der Waals surface area contributed by atoms with Crippen LogP contribution in [0.5, 0.6) is 5.75 Å². The van der Waals surface area contributed by atoms with E-state index in [1.54, 1.807) is 0 Å². The largest absolute Gasteiger partial charge is 0.492 e. The Balaban J connectivity index is 2.76. The summed E-state index contributed by atoms with van der Waals surface area (Å²) in [6.07, 6.45) is 2.29. The summed E-state index contributed by atoms with van der Waals surface area (Å²) in [6.45, 7) is 0.124. The van der Waals surface area contributed by atoms with Gasteiger partial charge in [-0.2, -0.15) is 0 Å². The third kappa shape index (κ3) is 5.20. The van der Waals surface area contributed by atoms with Crippen molar-refractivity contribution in [2.24, 2.45) is 0 Å². The van der Waals surface area contributed by atoms with Crippen LogP contribution in [0.25, 0.3) is 6.08 Å². The Morgan fingerprint density at radius 2 is 2.21 bits per heavy atom. The molecular formula is C13H14FNO4. The summed E-state index contributed by atoms with van der Waals surface area (Å²) in [5.41, 5.74) is 0.305. The molecule has 1 aromatic carbocycles. The van der Waals surface area contributed by atoms with Crippen LogP contribution in [-0.4, -0.2) is 30.6 Å². The minimum absolute atomic E-state index is 0.124. The number of ether oxygens (including phenoxy) is 1. The Kier molecular flexibility index (Phi) is 5.53. The third-order valence-electron chi connectivity index (χ3n) is 2.24. The number of carbonyl (C=O) groups excluding carboxylic acids is 1. The maximum atomic E-state index is 13.1. The van der Waals surface area contributed by atoms with E-state index in [9.17, 15) is 14.0 Å². The van der Waals surface area contributed by atoms with E-state index in [0.29, 0.717) is 11.3 Å². The van der Waals surface area contributed by atoms with Gasteiger partial charge in [-0.15, -0.1) is 0 Å². The zero-order valence-corrected chi connectivity index (χ0v) is 10.4. The topological polar surface area (TPSA) is 75.6 Å². The van der Waals surface area contributed by atoms with Crippen molar-refractivity contribution in [1.29, 1.82) is 0 Å². The molecule has 0 aromatic heterocycles. The van der Waals surface area contributed by atoms with Crippen LogP contribution in [0.1, 0.15) is 12.0 Å². The Hall–Kier alpha value is -2.37. The number of nitrogens with one attached hydrogen (secondary N) is 1. The highest BCUT2D eigenvalue weighted by atomic mass is 19.1. The summed E-state index contributed by atoms with van der Waals surface area (Å²) in [5, 5.41) is 11.0. The second-order valence-electron chi connectivity index (χ2n) is 3.63. The van der Waals surface area contributed by atoms with Crippen molar-refractivity contribution in [2.75, 3.05) is 13.7 Å². The number of carboxylic acids is 1. The van der Waals surface area contributed by atoms with E-state index < -0.39 is 11.8 Å². The van der Waals surface area contributed by atoms with E-state index >= 15 is 0 Å². The van der Waals surface area contributed by atoms with Gasteiger partial charge in [-0.1, -0.05) is 0 Å². The zero-order chi connectivity index (χ0) is 14.3. The Morgan fingerprint density at radius 1 is 1.47 bits per heavy atom. The quantitative estimate of drug-likeness (QED) is 0.765. The molecule has 0 bridgehead atoms. The fraction of sp³-hybridized carbons (Fsp3) is 0.231. The molecule has 2 N–H and O–H groups in total. The molecule has 0 radical (unpaired) electrons. The van der Waals surface area contributed by atoms with Gasteiger partial charge in [0.05, 0.1) is 13.0 Å². The molecule has 0 aliphatic heterocycles. The molecule has 1 rings (SSSR count). The second-order valence-corrected chi connectivity index (χ2v) is 3.63. The molecule has 0 atom stereocenters. The van der Waals surface area contributed by atoms with Gasteiger partial charge in [-0.3, -0.25) is 4.79 Å². The lowest BCUT2D eigenvalue weighted by Crippen LogP contribution is -2.20. The van der Waals surface area contributed by atoms with Crippen LogP contribution in [0.4, 0.5) is 4.39 Å². The highest BCUT2D eigenvalue weighted by Crippen LogP contribution is 2.21. The van der Waals surface area contributed by atoms with E-state index in [4.69, 9.17) is 9.84 Å². The third-order valence-corrected chi connectivity index (χ3v) is 2.24. The van der Waals surface area contributed by atoms with Gasteiger partial charge in [0.1, 0.15) is 11.6 Å². The predicted octanol–water partition coefficient (Wildman–Crippen LogP) is 1.44. The molecule has 102 valence electrons. The van der Waals surface area contributed by atoms with E-state index in [1.165, 1.54) is 25.3 Å². The summed E-state index contributed by atoms with van der Waals surface area (Å²) < 4.78 is 18.4. The molecule has 0 fully saturated rings. The predicted molar refractivity (Wildman–Crippen MR) is 67.2 cm³/mol. The maximum absolute atomic E-state index is 13.1. The summed E-state index contributed by atoms with van der Waals surface area (Å²) in [6, 6.07) is 3.75. The van der Waals surface area contributed by atoms with Crippen molar-refractivity contribution in [2.45, 2.75) is 6.42 Å². The van der Waals surface area contributed by atoms with E-state index in [1.807, 2.05) is 0 Å². The number of hydrogen-bond acceptors (Lipinski definition) is 3. The Morgan fingerprint density at radius 3 is 2.84 bits per heavy atom. The van der Waals surface area contributed by atoms with Crippen LogP contribution in [0.15, 0.2) is 24.3 Å². The molecule has 6 heteroatoms. The molecule has 0 saturated carbocycles. The van der Waals surface area contributed by atoms with Gasteiger partial charge in [0, 0.05) is 18.7 Å². The fourth-order valence-corrected chi connectivity index (χ4v) is 1.32. The number of carboxylic acid groups (broad SMARTS) is 1. The molecule has 0 heterocycles. The summed E-state index contributed by atoms with van der Waals surface area (Å²) in [7, 11) is 1.52. The fourth-order valence-electron chi connectivity index (χ4n) is 1.32. The van der Waals surface area contributed by atoms with Gasteiger partial charge in [-0.05, 0) is 24.3 Å². The molecule has 1 aromatic rings. The first kappa shape index (κ1) is 14.7. The number of carbonyl (C=O) groups is 2. The number of aliphatic carboxylic acids is 1. The molecule has 0 aliphatic carbocycles. The van der Waals surface area contributed by atoms with Crippen LogP contribution in [0, 0.1) is 5.82 Å². The molecular weight excluding hydrogens is 253 g/mol. The molecule has 1 amide bonds. The maximum Gasteiger partial charge on any atom is 0.328 e. The minimum Gasteiger partial charge on any atom is -0.492 e. The SMILES string of the molecule is CNC(=O)CCOc1ccc(F)cc1/C=C/C(=O)O. The summed E-state index contributed by atoms with van der Waals surface area (Å²) in [4.78, 5) is 21.5. The summed E-state index contributed by atoms with van der Waals surface area (Å²) >= 11 is 0. The average Bonchev–Trinajstić information content (AvgIpc) is 2.38.